The van der Waals surface area contributed by atoms with E-state index in [-0.39, 0.29) is 28.4 Å². The second-order valence-corrected chi connectivity index (χ2v) is 8.26. The van der Waals surface area contributed by atoms with Crippen LogP contribution in [0.15, 0.2) is 88.5 Å². The minimum Gasteiger partial charge on any atom is -0.322 e. The predicted molar refractivity (Wildman–Crippen MR) is 127 cm³/mol. The van der Waals surface area contributed by atoms with Gasteiger partial charge in [-0.05, 0) is 23.3 Å². The largest absolute Gasteiger partial charge is 0.416 e. The van der Waals surface area contributed by atoms with Crippen molar-refractivity contribution in [3.05, 3.63) is 121 Å². The summed E-state index contributed by atoms with van der Waals surface area (Å²) in [6.07, 6.45) is -4.63. The molecule has 0 aliphatic heterocycles. The first-order valence-corrected chi connectivity index (χ1v) is 11.0. The zero-order chi connectivity index (χ0) is 25.2. The Labute approximate surface area is 203 Å². The number of hydrogen-bond acceptors (Lipinski definition) is 4. The monoisotopic (exact) mass is 500 g/mol. The maximum Gasteiger partial charge on any atom is 0.416 e. The van der Waals surface area contributed by atoms with Gasteiger partial charge in [0.05, 0.1) is 23.7 Å². The summed E-state index contributed by atoms with van der Waals surface area (Å²) < 4.78 is 42.4. The molecule has 1 atom stereocenters. The Morgan fingerprint density at radius 2 is 1.54 bits per heavy atom. The van der Waals surface area contributed by atoms with Gasteiger partial charge in [-0.2, -0.15) is 18.3 Å². The van der Waals surface area contributed by atoms with Crippen molar-refractivity contribution < 1.29 is 13.2 Å². The van der Waals surface area contributed by atoms with E-state index in [0.717, 1.165) is 15.3 Å². The molecule has 0 aliphatic rings. The van der Waals surface area contributed by atoms with E-state index in [1.54, 1.807) is 54.6 Å². The van der Waals surface area contributed by atoms with Crippen LogP contribution in [0.2, 0.25) is 5.02 Å². The van der Waals surface area contributed by atoms with Gasteiger partial charge >= 0.3 is 11.9 Å². The Hall–Kier alpha value is -3.69. The van der Waals surface area contributed by atoms with Crippen molar-refractivity contribution in [2.75, 3.05) is 0 Å². The third kappa shape index (κ3) is 5.21. The van der Waals surface area contributed by atoms with E-state index >= 15 is 0 Å². The molecule has 0 spiro atoms. The molecule has 0 amide bonds. The van der Waals surface area contributed by atoms with Crippen LogP contribution in [0.25, 0.3) is 11.3 Å². The summed E-state index contributed by atoms with van der Waals surface area (Å²) in [5, 5.41) is 4.35. The maximum absolute atomic E-state index is 13.6. The highest BCUT2D eigenvalue weighted by Gasteiger charge is 2.33. The van der Waals surface area contributed by atoms with Gasteiger partial charge in [0.15, 0.2) is 5.69 Å². The second kappa shape index (κ2) is 9.89. The molecule has 0 saturated heterocycles. The van der Waals surface area contributed by atoms with Crippen molar-refractivity contribution in [3.63, 3.8) is 0 Å². The number of aromatic nitrogens is 3. The fourth-order valence-electron chi connectivity index (χ4n) is 3.75. The van der Waals surface area contributed by atoms with Crippen molar-refractivity contribution in [1.82, 2.24) is 14.3 Å². The van der Waals surface area contributed by atoms with Crippen molar-refractivity contribution >= 4 is 11.6 Å². The molecule has 35 heavy (non-hydrogen) atoms. The lowest BCUT2D eigenvalue weighted by Crippen LogP contribution is -2.44. The lowest BCUT2D eigenvalue weighted by Gasteiger charge is -2.18. The number of benzene rings is 3. The topological polar surface area (TPSA) is 82.9 Å². The molecule has 3 aromatic carbocycles. The molecular weight excluding hydrogens is 481 g/mol. The van der Waals surface area contributed by atoms with Gasteiger partial charge in [-0.15, -0.1) is 0 Å². The Kier molecular flexibility index (Phi) is 6.90. The van der Waals surface area contributed by atoms with Crippen LogP contribution in [0.4, 0.5) is 13.2 Å². The van der Waals surface area contributed by atoms with Gasteiger partial charge in [0, 0.05) is 11.6 Å². The van der Waals surface area contributed by atoms with E-state index in [2.05, 4.69) is 5.10 Å². The molecule has 0 fully saturated rings. The van der Waals surface area contributed by atoms with Gasteiger partial charge in [-0.25, -0.2) is 9.48 Å². The minimum absolute atomic E-state index is 0.167. The van der Waals surface area contributed by atoms with E-state index < -0.39 is 35.6 Å². The summed E-state index contributed by atoms with van der Waals surface area (Å²) in [7, 11) is 0. The predicted octanol–water partition coefficient (Wildman–Crippen LogP) is 4.49. The van der Waals surface area contributed by atoms with E-state index in [9.17, 15) is 22.8 Å². The lowest BCUT2D eigenvalue weighted by atomic mass is 10.1. The van der Waals surface area contributed by atoms with Crippen LogP contribution in [0, 0.1) is 0 Å². The maximum atomic E-state index is 13.6. The van der Waals surface area contributed by atoms with Gasteiger partial charge in [-0.1, -0.05) is 78.3 Å². The van der Waals surface area contributed by atoms with Gasteiger partial charge in [0.25, 0.3) is 5.56 Å². The van der Waals surface area contributed by atoms with Crippen LogP contribution < -0.4 is 17.0 Å². The fourth-order valence-corrected chi connectivity index (χ4v) is 3.97. The molecule has 1 aromatic heterocycles. The van der Waals surface area contributed by atoms with E-state index in [1.807, 2.05) is 0 Å². The number of rotatable bonds is 6. The summed E-state index contributed by atoms with van der Waals surface area (Å²) in [4.78, 5) is 26.6. The first kappa shape index (κ1) is 24.4. The summed E-state index contributed by atoms with van der Waals surface area (Å²) in [5.41, 5.74) is 4.34. The average Bonchev–Trinajstić information content (AvgIpc) is 2.84. The van der Waals surface area contributed by atoms with Crippen LogP contribution >= 0.6 is 11.6 Å². The van der Waals surface area contributed by atoms with Crippen LogP contribution in [-0.4, -0.2) is 14.3 Å². The Bertz CT molecular complexity index is 1470. The van der Waals surface area contributed by atoms with Crippen molar-refractivity contribution in [2.24, 2.45) is 5.73 Å². The van der Waals surface area contributed by atoms with Gasteiger partial charge in [-0.3, -0.25) is 9.36 Å². The Balaban J connectivity index is 1.88. The summed E-state index contributed by atoms with van der Waals surface area (Å²) in [5.74, 6) is 0. The van der Waals surface area contributed by atoms with Crippen LogP contribution in [0.1, 0.15) is 22.7 Å². The summed E-state index contributed by atoms with van der Waals surface area (Å²) in [6, 6.07) is 19.4. The molecule has 0 bridgehead atoms. The molecule has 1 heterocycles. The standard InChI is InChI=1S/C25H20ClF3N4O2/c26-20-13-7-5-11-18(20)22-23(34)32(15-21(30)16-8-2-1-3-9-16)24(35)33(31-22)14-17-10-4-6-12-19(17)25(27,28)29/h1-13,21H,14-15,30H2. The van der Waals surface area contributed by atoms with Gasteiger partial charge < -0.3 is 5.73 Å². The smallest absolute Gasteiger partial charge is 0.322 e. The molecule has 180 valence electrons. The number of nitrogens with two attached hydrogens (primary N) is 1. The quantitative estimate of drug-likeness (QED) is 0.423. The first-order chi connectivity index (χ1) is 16.7. The highest BCUT2D eigenvalue weighted by Crippen LogP contribution is 2.32. The highest BCUT2D eigenvalue weighted by molar-refractivity contribution is 6.33. The number of nitrogens with zero attached hydrogens (tertiary/aromatic N) is 3. The first-order valence-electron chi connectivity index (χ1n) is 10.6. The highest BCUT2D eigenvalue weighted by atomic mass is 35.5. The molecule has 2 N–H and O–H groups in total. The molecule has 4 rings (SSSR count). The van der Waals surface area contributed by atoms with Gasteiger partial charge in [0.2, 0.25) is 0 Å². The average molecular weight is 501 g/mol. The number of alkyl halides is 3. The third-order valence-electron chi connectivity index (χ3n) is 5.50. The normalized spacial score (nSPS) is 12.5. The molecule has 0 aliphatic carbocycles. The zero-order valence-corrected chi connectivity index (χ0v) is 19.0. The van der Waals surface area contributed by atoms with Crippen molar-refractivity contribution in [2.45, 2.75) is 25.3 Å². The Morgan fingerprint density at radius 1 is 0.914 bits per heavy atom. The van der Waals surface area contributed by atoms with Gasteiger partial charge in [0.1, 0.15) is 0 Å². The van der Waals surface area contributed by atoms with E-state index in [0.29, 0.717) is 5.56 Å². The van der Waals surface area contributed by atoms with Crippen molar-refractivity contribution in [3.8, 4) is 11.3 Å². The molecular formula is C25H20ClF3N4O2. The van der Waals surface area contributed by atoms with Crippen molar-refractivity contribution in [1.29, 1.82) is 0 Å². The summed E-state index contributed by atoms with van der Waals surface area (Å²) in [6.45, 7) is -0.713. The molecule has 4 aromatic rings. The molecule has 10 heteroatoms. The molecule has 0 saturated carbocycles. The zero-order valence-electron chi connectivity index (χ0n) is 18.2. The lowest BCUT2D eigenvalue weighted by molar-refractivity contribution is -0.138. The van der Waals surface area contributed by atoms with Crippen LogP contribution in [-0.2, 0) is 19.3 Å². The van der Waals surface area contributed by atoms with Crippen LogP contribution in [0.3, 0.4) is 0 Å². The fraction of sp³-hybridized carbons (Fsp3) is 0.160. The summed E-state index contributed by atoms with van der Waals surface area (Å²) >= 11 is 6.27. The minimum atomic E-state index is -4.63. The van der Waals surface area contributed by atoms with E-state index in [1.165, 1.54) is 18.2 Å². The third-order valence-corrected chi connectivity index (χ3v) is 5.83. The SMILES string of the molecule is NC(Cn1c(=O)c(-c2ccccc2Cl)nn(Cc2ccccc2C(F)(F)F)c1=O)c1ccccc1. The Morgan fingerprint density at radius 3 is 2.23 bits per heavy atom. The van der Waals surface area contributed by atoms with Crippen LogP contribution in [0.5, 0.6) is 0 Å². The molecule has 6 nitrogen and oxygen atoms in total. The molecule has 1 unspecified atom stereocenters. The number of hydrogen-bond donors (Lipinski definition) is 1. The number of halogens is 4. The van der Waals surface area contributed by atoms with E-state index in [4.69, 9.17) is 17.3 Å². The molecule has 0 radical (unpaired) electrons. The second-order valence-electron chi connectivity index (χ2n) is 7.86.